The zero-order valence-corrected chi connectivity index (χ0v) is 16.5. The van der Waals surface area contributed by atoms with Crippen LogP contribution in [0.15, 0.2) is 53.0 Å². The van der Waals surface area contributed by atoms with Crippen molar-refractivity contribution in [1.29, 1.82) is 0 Å². The molecule has 2 rings (SSSR count). The molecule has 0 saturated heterocycles. The lowest BCUT2D eigenvalue weighted by atomic mass is 10.0. The summed E-state index contributed by atoms with van der Waals surface area (Å²) in [6, 6.07) is 13.6. The van der Waals surface area contributed by atoms with Crippen molar-refractivity contribution >= 4 is 27.9 Å². The Morgan fingerprint density at radius 1 is 1.08 bits per heavy atom. The van der Waals surface area contributed by atoms with Gasteiger partial charge >= 0.3 is 6.03 Å². The molecule has 2 atom stereocenters. The Hall–Kier alpha value is -2.38. The molecule has 0 bridgehead atoms. The van der Waals surface area contributed by atoms with Crippen LogP contribution in [0.2, 0.25) is 0 Å². The maximum atomic E-state index is 12.6. The van der Waals surface area contributed by atoms with Gasteiger partial charge in [-0.05, 0) is 46.1 Å². The van der Waals surface area contributed by atoms with Gasteiger partial charge in [-0.15, -0.1) is 0 Å². The number of rotatable bonds is 6. The van der Waals surface area contributed by atoms with Crippen LogP contribution in [0.5, 0.6) is 5.75 Å². The quantitative estimate of drug-likeness (QED) is 0.670. The average Bonchev–Trinajstić information content (AvgIpc) is 2.66. The molecule has 0 radical (unpaired) electrons. The van der Waals surface area contributed by atoms with Crippen LogP contribution in [0.4, 0.5) is 4.79 Å². The largest absolute Gasteiger partial charge is 0.496 e. The lowest BCUT2D eigenvalue weighted by molar-refractivity contribution is -0.122. The zero-order valence-electron chi connectivity index (χ0n) is 14.9. The number of imide groups is 1. The predicted octanol–water partition coefficient (Wildman–Crippen LogP) is 3.31. The van der Waals surface area contributed by atoms with E-state index in [1.54, 1.807) is 7.11 Å². The molecule has 0 fully saturated rings. The van der Waals surface area contributed by atoms with Gasteiger partial charge in [0.25, 0.3) is 0 Å². The fourth-order valence-corrected chi connectivity index (χ4v) is 3.07. The van der Waals surface area contributed by atoms with Crippen LogP contribution in [-0.2, 0) is 4.79 Å². The minimum absolute atomic E-state index is 0.141. The summed E-state index contributed by atoms with van der Waals surface area (Å²) in [6.07, 6.45) is 0. The molecule has 0 unspecified atom stereocenters. The number of amides is 3. The fourth-order valence-electron chi connectivity index (χ4n) is 2.51. The topological polar surface area (TPSA) is 79.5 Å². The molecule has 0 saturated carbocycles. The summed E-state index contributed by atoms with van der Waals surface area (Å²) in [6.45, 7) is 1.96. The maximum absolute atomic E-state index is 12.6. The number of nitrogens with one attached hydrogen (secondary N) is 3. The SMILES string of the molecule is CNC(=O)NC(=O)[C@H](N[C@H](C)c1ccc(OC)c(Br)c1)c1ccccc1. The molecule has 0 aliphatic carbocycles. The van der Waals surface area contributed by atoms with Gasteiger partial charge in [0.05, 0.1) is 11.6 Å². The summed E-state index contributed by atoms with van der Waals surface area (Å²) in [5.41, 5.74) is 1.75. The standard InChI is InChI=1S/C19H22BrN3O3/c1-12(14-9-10-16(26-3)15(20)11-14)22-17(13-7-5-4-6-8-13)18(24)23-19(25)21-2/h4-12,17,22H,1-3H3,(H2,21,23,24,25)/t12-,17-/m1/s1. The van der Waals surface area contributed by atoms with E-state index in [0.29, 0.717) is 0 Å². The summed E-state index contributed by atoms with van der Waals surface area (Å²) in [5.74, 6) is 0.313. The molecule has 138 valence electrons. The zero-order chi connectivity index (χ0) is 19.1. The summed E-state index contributed by atoms with van der Waals surface area (Å²) < 4.78 is 6.08. The highest BCUT2D eigenvalue weighted by atomic mass is 79.9. The van der Waals surface area contributed by atoms with Crippen LogP contribution in [0.1, 0.15) is 30.1 Å². The second kappa shape index (κ2) is 9.35. The monoisotopic (exact) mass is 419 g/mol. The van der Waals surface area contributed by atoms with Crippen molar-refractivity contribution in [2.24, 2.45) is 0 Å². The predicted molar refractivity (Wildman–Crippen MR) is 104 cm³/mol. The van der Waals surface area contributed by atoms with E-state index in [-0.39, 0.29) is 6.04 Å². The van der Waals surface area contributed by atoms with E-state index in [2.05, 4.69) is 31.9 Å². The Morgan fingerprint density at radius 2 is 1.77 bits per heavy atom. The summed E-state index contributed by atoms with van der Waals surface area (Å²) in [5, 5.41) is 8.01. The van der Waals surface area contributed by atoms with Crippen molar-refractivity contribution in [3.63, 3.8) is 0 Å². The van der Waals surface area contributed by atoms with Gasteiger partial charge in [0, 0.05) is 13.1 Å². The first-order chi connectivity index (χ1) is 12.5. The minimum atomic E-state index is -0.677. The van der Waals surface area contributed by atoms with Gasteiger partial charge in [-0.25, -0.2) is 4.79 Å². The van der Waals surface area contributed by atoms with Crippen molar-refractivity contribution in [3.05, 3.63) is 64.1 Å². The van der Waals surface area contributed by atoms with Crippen molar-refractivity contribution < 1.29 is 14.3 Å². The van der Waals surface area contributed by atoms with Crippen molar-refractivity contribution in [2.75, 3.05) is 14.2 Å². The van der Waals surface area contributed by atoms with Crippen LogP contribution in [0, 0.1) is 0 Å². The van der Waals surface area contributed by atoms with Crippen LogP contribution in [-0.4, -0.2) is 26.1 Å². The first-order valence-electron chi connectivity index (χ1n) is 8.13. The molecular formula is C19H22BrN3O3. The Labute approximate surface area is 161 Å². The Morgan fingerprint density at radius 3 is 2.35 bits per heavy atom. The van der Waals surface area contributed by atoms with Crippen molar-refractivity contribution in [3.8, 4) is 5.75 Å². The van der Waals surface area contributed by atoms with E-state index in [1.165, 1.54) is 7.05 Å². The molecule has 0 aliphatic rings. The highest BCUT2D eigenvalue weighted by Crippen LogP contribution is 2.29. The maximum Gasteiger partial charge on any atom is 0.321 e. The van der Waals surface area contributed by atoms with Crippen LogP contribution in [0.25, 0.3) is 0 Å². The number of carbonyl (C=O) groups excluding carboxylic acids is 2. The first kappa shape index (κ1) is 19.9. The number of urea groups is 1. The number of methoxy groups -OCH3 is 1. The van der Waals surface area contributed by atoms with Crippen molar-refractivity contribution in [2.45, 2.75) is 19.0 Å². The van der Waals surface area contributed by atoms with Gasteiger partial charge in [-0.2, -0.15) is 0 Å². The third-order valence-electron chi connectivity index (χ3n) is 3.95. The molecule has 0 spiro atoms. The molecule has 2 aromatic rings. The van der Waals surface area contributed by atoms with E-state index in [0.717, 1.165) is 21.3 Å². The third-order valence-corrected chi connectivity index (χ3v) is 4.57. The van der Waals surface area contributed by atoms with E-state index >= 15 is 0 Å². The number of hydrogen-bond acceptors (Lipinski definition) is 4. The highest BCUT2D eigenvalue weighted by Gasteiger charge is 2.24. The van der Waals surface area contributed by atoms with Gasteiger partial charge in [0.2, 0.25) is 5.91 Å². The number of hydrogen-bond donors (Lipinski definition) is 3. The lowest BCUT2D eigenvalue weighted by Crippen LogP contribution is -2.44. The summed E-state index contributed by atoms with van der Waals surface area (Å²) in [7, 11) is 3.07. The second-order valence-corrected chi connectivity index (χ2v) is 6.55. The summed E-state index contributed by atoms with van der Waals surface area (Å²) in [4.78, 5) is 24.1. The van der Waals surface area contributed by atoms with Gasteiger partial charge in [-0.3, -0.25) is 15.4 Å². The van der Waals surface area contributed by atoms with E-state index in [4.69, 9.17) is 4.74 Å². The fraction of sp³-hybridized carbons (Fsp3) is 0.263. The lowest BCUT2D eigenvalue weighted by Gasteiger charge is -2.23. The second-order valence-electron chi connectivity index (χ2n) is 5.69. The van der Waals surface area contributed by atoms with E-state index in [1.807, 2.05) is 55.5 Å². The van der Waals surface area contributed by atoms with Gasteiger partial charge in [-0.1, -0.05) is 36.4 Å². The molecule has 26 heavy (non-hydrogen) atoms. The molecule has 0 aromatic heterocycles. The molecule has 0 aliphatic heterocycles. The van der Waals surface area contributed by atoms with Gasteiger partial charge in [0.15, 0.2) is 0 Å². The number of carbonyl (C=O) groups is 2. The Kier molecular flexibility index (Phi) is 7.17. The number of ether oxygens (including phenoxy) is 1. The Balaban J connectivity index is 2.24. The average molecular weight is 420 g/mol. The van der Waals surface area contributed by atoms with Crippen LogP contribution < -0.4 is 20.7 Å². The van der Waals surface area contributed by atoms with E-state index < -0.39 is 18.0 Å². The highest BCUT2D eigenvalue weighted by molar-refractivity contribution is 9.10. The Bertz CT molecular complexity index is 768. The van der Waals surface area contributed by atoms with Gasteiger partial charge < -0.3 is 10.1 Å². The summed E-state index contributed by atoms with van der Waals surface area (Å²) >= 11 is 3.47. The molecule has 3 amide bonds. The van der Waals surface area contributed by atoms with Crippen molar-refractivity contribution in [1.82, 2.24) is 16.0 Å². The molecule has 3 N–H and O–H groups in total. The van der Waals surface area contributed by atoms with Gasteiger partial charge in [0.1, 0.15) is 11.8 Å². The van der Waals surface area contributed by atoms with Crippen LogP contribution in [0.3, 0.4) is 0 Å². The smallest absolute Gasteiger partial charge is 0.321 e. The first-order valence-corrected chi connectivity index (χ1v) is 8.92. The molecule has 7 heteroatoms. The minimum Gasteiger partial charge on any atom is -0.496 e. The number of halogens is 1. The molecule has 2 aromatic carbocycles. The molecule has 0 heterocycles. The van der Waals surface area contributed by atoms with E-state index in [9.17, 15) is 9.59 Å². The third kappa shape index (κ3) is 5.06. The molecule has 6 nitrogen and oxygen atoms in total. The number of benzene rings is 2. The van der Waals surface area contributed by atoms with Crippen LogP contribution >= 0.6 is 15.9 Å². The molecular weight excluding hydrogens is 398 g/mol. The normalized spacial score (nSPS) is 12.8.